The lowest BCUT2D eigenvalue weighted by atomic mass is 10.3. The summed E-state index contributed by atoms with van der Waals surface area (Å²) >= 11 is 5.90. The summed E-state index contributed by atoms with van der Waals surface area (Å²) in [5.74, 6) is 0.463. The van der Waals surface area contributed by atoms with E-state index >= 15 is 0 Å². The Morgan fingerprint density at radius 2 is 1.86 bits per heavy atom. The minimum Gasteiger partial charge on any atom is -0.495 e. The summed E-state index contributed by atoms with van der Waals surface area (Å²) in [6.07, 6.45) is 0. The summed E-state index contributed by atoms with van der Waals surface area (Å²) in [6.45, 7) is 0. The second kappa shape index (κ2) is 5.83. The third-order valence-electron chi connectivity index (χ3n) is 3.05. The molecule has 0 aliphatic carbocycles. The van der Waals surface area contributed by atoms with Crippen molar-refractivity contribution >= 4 is 33.0 Å². The standard InChI is InChI=1S/C14H15ClN2O3S/c1-17(13-5-3-4-6-14(13)20-2)21(18,19)10-7-8-12(16)11(15)9-10/h3-9H,16H2,1-2H3. The van der Waals surface area contributed by atoms with Gasteiger partial charge in [-0.2, -0.15) is 0 Å². The van der Waals surface area contributed by atoms with E-state index < -0.39 is 10.0 Å². The van der Waals surface area contributed by atoms with E-state index in [1.165, 1.54) is 32.4 Å². The van der Waals surface area contributed by atoms with Gasteiger partial charge in [-0.3, -0.25) is 4.31 Å². The van der Waals surface area contributed by atoms with Crippen molar-refractivity contribution in [2.24, 2.45) is 0 Å². The summed E-state index contributed by atoms with van der Waals surface area (Å²) in [5, 5.41) is 0.199. The monoisotopic (exact) mass is 326 g/mol. The van der Waals surface area contributed by atoms with E-state index in [9.17, 15) is 8.42 Å². The topological polar surface area (TPSA) is 72.6 Å². The summed E-state index contributed by atoms with van der Waals surface area (Å²) in [7, 11) is -0.809. The summed E-state index contributed by atoms with van der Waals surface area (Å²) in [5.41, 5.74) is 6.37. The number of nitrogens with zero attached hydrogens (tertiary/aromatic N) is 1. The normalized spacial score (nSPS) is 11.2. The third-order valence-corrected chi connectivity index (χ3v) is 5.15. The zero-order valence-electron chi connectivity index (χ0n) is 11.6. The summed E-state index contributed by atoms with van der Waals surface area (Å²) in [6, 6.07) is 11.1. The van der Waals surface area contributed by atoms with E-state index in [2.05, 4.69) is 0 Å². The molecule has 0 amide bonds. The molecule has 0 atom stereocenters. The SMILES string of the molecule is COc1ccccc1N(C)S(=O)(=O)c1ccc(N)c(Cl)c1. The molecule has 0 unspecified atom stereocenters. The molecule has 21 heavy (non-hydrogen) atoms. The van der Waals surface area contributed by atoms with Gasteiger partial charge in [0.05, 0.1) is 28.4 Å². The number of ether oxygens (including phenoxy) is 1. The first-order valence-corrected chi connectivity index (χ1v) is 7.86. The van der Waals surface area contributed by atoms with Crippen molar-refractivity contribution in [1.82, 2.24) is 0 Å². The molecular formula is C14H15ClN2O3S. The van der Waals surface area contributed by atoms with Crippen LogP contribution in [0.15, 0.2) is 47.4 Å². The Morgan fingerprint density at radius 3 is 2.48 bits per heavy atom. The van der Waals surface area contributed by atoms with Crippen molar-refractivity contribution in [2.45, 2.75) is 4.90 Å². The van der Waals surface area contributed by atoms with E-state index in [1.807, 2.05) is 0 Å². The van der Waals surface area contributed by atoms with Crippen LogP contribution in [-0.2, 0) is 10.0 Å². The molecule has 0 heterocycles. The van der Waals surface area contributed by atoms with E-state index in [1.54, 1.807) is 24.3 Å². The van der Waals surface area contributed by atoms with Crippen molar-refractivity contribution in [3.8, 4) is 5.75 Å². The highest BCUT2D eigenvalue weighted by molar-refractivity contribution is 7.92. The van der Waals surface area contributed by atoms with E-state index in [0.717, 1.165) is 4.31 Å². The molecule has 0 aromatic heterocycles. The van der Waals surface area contributed by atoms with Crippen LogP contribution >= 0.6 is 11.6 Å². The minimum absolute atomic E-state index is 0.0649. The fourth-order valence-corrected chi connectivity index (χ4v) is 3.32. The van der Waals surface area contributed by atoms with Gasteiger partial charge in [0.15, 0.2) is 0 Å². The fourth-order valence-electron chi connectivity index (χ4n) is 1.85. The number of rotatable bonds is 4. The van der Waals surface area contributed by atoms with Crippen LogP contribution in [0.5, 0.6) is 5.75 Å². The zero-order valence-corrected chi connectivity index (χ0v) is 13.1. The van der Waals surface area contributed by atoms with E-state index in [0.29, 0.717) is 17.1 Å². The molecule has 2 aromatic rings. The number of sulfonamides is 1. The van der Waals surface area contributed by atoms with Crippen LogP contribution in [0.2, 0.25) is 5.02 Å². The molecule has 112 valence electrons. The maximum absolute atomic E-state index is 12.6. The highest BCUT2D eigenvalue weighted by Crippen LogP contribution is 2.32. The minimum atomic E-state index is -3.75. The highest BCUT2D eigenvalue weighted by atomic mass is 35.5. The number of halogens is 1. The van der Waals surface area contributed by atoms with E-state index in [-0.39, 0.29) is 9.92 Å². The Bertz CT molecular complexity index is 763. The molecule has 0 aliphatic rings. The van der Waals surface area contributed by atoms with Gasteiger partial charge >= 0.3 is 0 Å². The summed E-state index contributed by atoms with van der Waals surface area (Å²) < 4.78 is 31.6. The molecule has 2 N–H and O–H groups in total. The van der Waals surface area contributed by atoms with Gasteiger partial charge in [-0.15, -0.1) is 0 Å². The van der Waals surface area contributed by atoms with Crippen LogP contribution in [0.25, 0.3) is 0 Å². The first-order chi connectivity index (χ1) is 9.87. The number of hydrogen-bond acceptors (Lipinski definition) is 4. The maximum Gasteiger partial charge on any atom is 0.264 e. The highest BCUT2D eigenvalue weighted by Gasteiger charge is 2.24. The molecule has 0 saturated heterocycles. The second-order valence-electron chi connectivity index (χ2n) is 4.33. The Hall–Kier alpha value is -1.92. The predicted octanol–water partition coefficient (Wildman–Crippen LogP) is 2.76. The van der Waals surface area contributed by atoms with Crippen LogP contribution < -0.4 is 14.8 Å². The number of nitrogens with two attached hydrogens (primary N) is 1. The van der Waals surface area contributed by atoms with Crippen molar-refractivity contribution in [2.75, 3.05) is 24.2 Å². The largest absolute Gasteiger partial charge is 0.495 e. The molecule has 2 rings (SSSR count). The quantitative estimate of drug-likeness (QED) is 0.877. The molecule has 0 saturated carbocycles. The van der Waals surface area contributed by atoms with Crippen molar-refractivity contribution < 1.29 is 13.2 Å². The molecule has 5 nitrogen and oxygen atoms in total. The lowest BCUT2D eigenvalue weighted by Crippen LogP contribution is -2.27. The van der Waals surface area contributed by atoms with Crippen LogP contribution in [0.4, 0.5) is 11.4 Å². The molecule has 0 aliphatic heterocycles. The van der Waals surface area contributed by atoms with Gasteiger partial charge in [-0.05, 0) is 30.3 Å². The predicted molar refractivity (Wildman–Crippen MR) is 84.4 cm³/mol. The van der Waals surface area contributed by atoms with Crippen LogP contribution in [0.1, 0.15) is 0 Å². The van der Waals surface area contributed by atoms with Gasteiger partial charge in [0.1, 0.15) is 5.75 Å². The Kier molecular flexibility index (Phi) is 4.29. The van der Waals surface area contributed by atoms with Crippen molar-refractivity contribution in [3.05, 3.63) is 47.5 Å². The van der Waals surface area contributed by atoms with Gasteiger partial charge < -0.3 is 10.5 Å². The van der Waals surface area contributed by atoms with Gasteiger partial charge in [0.2, 0.25) is 0 Å². The van der Waals surface area contributed by atoms with Gasteiger partial charge in [-0.25, -0.2) is 8.42 Å². The van der Waals surface area contributed by atoms with Crippen molar-refractivity contribution in [3.63, 3.8) is 0 Å². The Morgan fingerprint density at radius 1 is 1.19 bits per heavy atom. The second-order valence-corrected chi connectivity index (χ2v) is 6.70. The Labute approximate surface area is 128 Å². The fraction of sp³-hybridized carbons (Fsp3) is 0.143. The number of nitrogen functional groups attached to an aromatic ring is 1. The average Bonchev–Trinajstić information content (AvgIpc) is 2.49. The van der Waals surface area contributed by atoms with E-state index in [4.69, 9.17) is 22.1 Å². The third kappa shape index (κ3) is 2.91. The van der Waals surface area contributed by atoms with Crippen LogP contribution in [0, 0.1) is 0 Å². The molecule has 0 radical (unpaired) electrons. The number of hydrogen-bond donors (Lipinski definition) is 1. The lowest BCUT2D eigenvalue weighted by molar-refractivity contribution is 0.416. The van der Waals surface area contributed by atoms with Crippen LogP contribution in [0.3, 0.4) is 0 Å². The van der Waals surface area contributed by atoms with Gasteiger partial charge in [0, 0.05) is 7.05 Å². The number of methoxy groups -OCH3 is 1. The van der Waals surface area contributed by atoms with Gasteiger partial charge in [0.25, 0.3) is 10.0 Å². The number of benzene rings is 2. The molecule has 0 bridgehead atoms. The summed E-state index contributed by atoms with van der Waals surface area (Å²) in [4.78, 5) is 0.0649. The average molecular weight is 327 g/mol. The first kappa shape index (κ1) is 15.5. The lowest BCUT2D eigenvalue weighted by Gasteiger charge is -2.21. The number of para-hydroxylation sites is 2. The number of anilines is 2. The molecule has 2 aromatic carbocycles. The molecule has 0 spiro atoms. The maximum atomic E-state index is 12.6. The molecule has 0 fully saturated rings. The van der Waals surface area contributed by atoms with Gasteiger partial charge in [-0.1, -0.05) is 23.7 Å². The Balaban J connectivity index is 2.50. The molecular weight excluding hydrogens is 312 g/mol. The first-order valence-electron chi connectivity index (χ1n) is 6.05. The molecule has 7 heteroatoms. The zero-order chi connectivity index (χ0) is 15.6. The van der Waals surface area contributed by atoms with Crippen molar-refractivity contribution in [1.29, 1.82) is 0 Å². The van der Waals surface area contributed by atoms with Crippen LogP contribution in [-0.4, -0.2) is 22.6 Å². The smallest absolute Gasteiger partial charge is 0.264 e.